The topological polar surface area (TPSA) is 42.4 Å². The Bertz CT molecular complexity index is 3500. The van der Waals surface area contributed by atoms with Crippen molar-refractivity contribution < 1.29 is 8.83 Å². The molecule has 262 valence electrons. The molecule has 0 radical (unpaired) electrons. The molecule has 56 heavy (non-hydrogen) atoms. The molecule has 0 spiro atoms. The first-order chi connectivity index (χ1) is 27.7. The summed E-state index contributed by atoms with van der Waals surface area (Å²) in [5.74, 6) is 0.610. The van der Waals surface area contributed by atoms with Crippen LogP contribution in [0.2, 0.25) is 0 Å². The van der Waals surface area contributed by atoms with Crippen LogP contribution in [-0.2, 0) is 0 Å². The van der Waals surface area contributed by atoms with Crippen molar-refractivity contribution in [1.82, 2.24) is 4.98 Å². The summed E-state index contributed by atoms with van der Waals surface area (Å²) in [5.41, 5.74) is 9.73. The van der Waals surface area contributed by atoms with Crippen molar-refractivity contribution in [3.63, 3.8) is 0 Å². The van der Waals surface area contributed by atoms with Crippen LogP contribution in [0.4, 0.5) is 17.1 Å². The first-order valence-corrected chi connectivity index (χ1v) is 19.6. The number of fused-ring (bicyclic) bond motifs is 11. The molecule has 0 saturated carbocycles. The lowest BCUT2D eigenvalue weighted by molar-refractivity contribution is 0.623. The number of anilines is 3. The number of benzene rings is 9. The second-order valence-electron chi connectivity index (χ2n) is 14.3. The average Bonchev–Trinajstić information content (AvgIpc) is 3.97. The minimum Gasteiger partial charge on any atom is -0.456 e. The maximum Gasteiger partial charge on any atom is 0.227 e. The molecule has 0 N–H and O–H groups in total. The van der Waals surface area contributed by atoms with E-state index in [9.17, 15) is 0 Å². The number of rotatable bonds is 5. The summed E-state index contributed by atoms with van der Waals surface area (Å²) in [6.07, 6.45) is 0. The fourth-order valence-corrected chi connectivity index (χ4v) is 9.60. The smallest absolute Gasteiger partial charge is 0.227 e. The highest BCUT2D eigenvalue weighted by Crippen LogP contribution is 2.44. The molecule has 0 aliphatic rings. The van der Waals surface area contributed by atoms with Crippen LogP contribution in [0.5, 0.6) is 0 Å². The van der Waals surface area contributed by atoms with Gasteiger partial charge in [0.2, 0.25) is 5.89 Å². The van der Waals surface area contributed by atoms with Crippen molar-refractivity contribution in [2.75, 3.05) is 4.90 Å². The van der Waals surface area contributed by atoms with Gasteiger partial charge >= 0.3 is 0 Å². The molecule has 0 atom stereocenters. The van der Waals surface area contributed by atoms with Gasteiger partial charge in [0.1, 0.15) is 16.7 Å². The van der Waals surface area contributed by atoms with Gasteiger partial charge in [-0.2, -0.15) is 0 Å². The van der Waals surface area contributed by atoms with Gasteiger partial charge in [-0.15, -0.1) is 11.3 Å². The highest BCUT2D eigenvalue weighted by molar-refractivity contribution is 7.25. The van der Waals surface area contributed by atoms with Crippen molar-refractivity contribution in [3.05, 3.63) is 182 Å². The lowest BCUT2D eigenvalue weighted by Crippen LogP contribution is -2.09. The van der Waals surface area contributed by atoms with Crippen molar-refractivity contribution in [3.8, 4) is 22.6 Å². The normalized spacial score (nSPS) is 11.9. The van der Waals surface area contributed by atoms with E-state index in [1.54, 1.807) is 0 Å². The molecule has 3 aromatic heterocycles. The largest absolute Gasteiger partial charge is 0.456 e. The van der Waals surface area contributed by atoms with Crippen molar-refractivity contribution >= 4 is 103 Å². The van der Waals surface area contributed by atoms with Crippen LogP contribution in [0, 0.1) is 0 Å². The third-order valence-corrected chi connectivity index (χ3v) is 12.2. The third kappa shape index (κ3) is 4.81. The standard InChI is InChI=1S/C51H30N2O2S/c1-2-10-31(11-3-1)37-12-4-5-15-41(37)51-52-44-26-21-33-19-18-32-20-22-34(28-42(32)49(33)50(44)55-51)53(35-24-27-46-43(29-35)38-13-6-8-16-45(38)54-46)36-23-25-40-39-14-7-9-17-47(39)56-48(40)30-36/h1-30H. The Morgan fingerprint density at radius 1 is 0.429 bits per heavy atom. The van der Waals surface area contributed by atoms with Crippen LogP contribution in [-0.4, -0.2) is 4.98 Å². The lowest BCUT2D eigenvalue weighted by Gasteiger charge is -2.26. The van der Waals surface area contributed by atoms with E-state index in [0.717, 1.165) is 88.3 Å². The first-order valence-electron chi connectivity index (χ1n) is 18.8. The number of aromatic nitrogens is 1. The minimum absolute atomic E-state index is 0.610. The molecule has 0 aliphatic heterocycles. The molecule has 0 fully saturated rings. The Balaban J connectivity index is 1.09. The molecule has 12 aromatic rings. The van der Waals surface area contributed by atoms with Gasteiger partial charge in [0, 0.05) is 59.0 Å². The van der Waals surface area contributed by atoms with Crippen LogP contribution in [0.25, 0.3) is 97.3 Å². The molecule has 0 aliphatic carbocycles. The van der Waals surface area contributed by atoms with E-state index >= 15 is 0 Å². The van der Waals surface area contributed by atoms with E-state index in [-0.39, 0.29) is 0 Å². The van der Waals surface area contributed by atoms with E-state index in [1.807, 2.05) is 35.6 Å². The number of hydrogen-bond acceptors (Lipinski definition) is 5. The van der Waals surface area contributed by atoms with E-state index < -0.39 is 0 Å². The summed E-state index contributed by atoms with van der Waals surface area (Å²) < 4.78 is 15.6. The zero-order valence-electron chi connectivity index (χ0n) is 29.9. The second kappa shape index (κ2) is 12.2. The number of oxazole rings is 1. The lowest BCUT2D eigenvalue weighted by atomic mass is 10.00. The molecule has 0 bridgehead atoms. The minimum atomic E-state index is 0.610. The summed E-state index contributed by atoms with van der Waals surface area (Å²) in [5, 5.41) is 9.14. The second-order valence-corrected chi connectivity index (χ2v) is 15.4. The number of para-hydroxylation sites is 1. The monoisotopic (exact) mass is 734 g/mol. The quantitative estimate of drug-likeness (QED) is 0.165. The molecule has 0 saturated heterocycles. The molecule has 0 amide bonds. The maximum absolute atomic E-state index is 6.83. The van der Waals surface area contributed by atoms with E-state index in [1.165, 1.54) is 20.2 Å². The van der Waals surface area contributed by atoms with Gasteiger partial charge in [0.05, 0.1) is 0 Å². The molecule has 3 heterocycles. The molecule has 5 heteroatoms. The zero-order valence-corrected chi connectivity index (χ0v) is 30.8. The van der Waals surface area contributed by atoms with Crippen LogP contribution in [0.15, 0.2) is 191 Å². The molecular weight excluding hydrogens is 705 g/mol. The predicted octanol–water partition coefficient (Wildman–Crippen LogP) is 15.2. The third-order valence-electron chi connectivity index (χ3n) is 11.1. The summed E-state index contributed by atoms with van der Waals surface area (Å²) >= 11 is 1.83. The molecule has 0 unspecified atom stereocenters. The van der Waals surface area contributed by atoms with Gasteiger partial charge in [0.25, 0.3) is 0 Å². The Morgan fingerprint density at radius 2 is 1.07 bits per heavy atom. The molecule has 12 rings (SSSR count). The summed E-state index contributed by atoms with van der Waals surface area (Å²) in [4.78, 5) is 7.46. The summed E-state index contributed by atoms with van der Waals surface area (Å²) in [6, 6.07) is 64.4. The van der Waals surface area contributed by atoms with E-state index in [4.69, 9.17) is 13.8 Å². The van der Waals surface area contributed by atoms with Gasteiger partial charge < -0.3 is 13.7 Å². The maximum atomic E-state index is 6.83. The number of nitrogens with zero attached hydrogens (tertiary/aromatic N) is 2. The molecular formula is C51H30N2O2S. The van der Waals surface area contributed by atoms with Gasteiger partial charge in [0.15, 0.2) is 5.58 Å². The van der Waals surface area contributed by atoms with E-state index in [0.29, 0.717) is 5.89 Å². The molecule has 9 aromatic carbocycles. The van der Waals surface area contributed by atoms with Gasteiger partial charge in [-0.1, -0.05) is 115 Å². The van der Waals surface area contributed by atoms with E-state index in [2.05, 4.69) is 163 Å². The Hall–Kier alpha value is -7.21. The van der Waals surface area contributed by atoms with Crippen LogP contribution in [0.1, 0.15) is 0 Å². The van der Waals surface area contributed by atoms with Crippen molar-refractivity contribution in [2.45, 2.75) is 0 Å². The number of hydrogen-bond donors (Lipinski definition) is 0. The average molecular weight is 735 g/mol. The summed E-state index contributed by atoms with van der Waals surface area (Å²) in [6.45, 7) is 0. The van der Waals surface area contributed by atoms with Crippen LogP contribution >= 0.6 is 11.3 Å². The predicted molar refractivity (Wildman–Crippen MR) is 235 cm³/mol. The van der Waals surface area contributed by atoms with Crippen LogP contribution in [0.3, 0.4) is 0 Å². The van der Waals surface area contributed by atoms with Crippen LogP contribution < -0.4 is 4.90 Å². The SMILES string of the molecule is c1ccc(-c2ccccc2-c2nc3ccc4ccc5ccc(N(c6ccc7c(c6)sc6ccccc67)c6ccc7oc8ccccc8c7c6)cc5c4c3o2)cc1. The zero-order chi connectivity index (χ0) is 36.7. The van der Waals surface area contributed by atoms with Gasteiger partial charge in [-0.25, -0.2) is 4.98 Å². The Morgan fingerprint density at radius 3 is 1.98 bits per heavy atom. The van der Waals surface area contributed by atoms with Gasteiger partial charge in [-0.05, 0) is 94.0 Å². The fourth-order valence-electron chi connectivity index (χ4n) is 8.46. The Kier molecular flexibility index (Phi) is 6.76. The highest BCUT2D eigenvalue weighted by atomic mass is 32.1. The van der Waals surface area contributed by atoms with Gasteiger partial charge in [-0.3, -0.25) is 0 Å². The Labute approximate surface area is 325 Å². The molecule has 4 nitrogen and oxygen atoms in total. The van der Waals surface area contributed by atoms with Crippen molar-refractivity contribution in [2.24, 2.45) is 0 Å². The number of thiophene rings is 1. The van der Waals surface area contributed by atoms with Crippen molar-refractivity contribution in [1.29, 1.82) is 0 Å². The fraction of sp³-hybridized carbons (Fsp3) is 0. The number of furan rings is 1. The first kappa shape index (κ1) is 31.2. The highest BCUT2D eigenvalue weighted by Gasteiger charge is 2.20. The summed E-state index contributed by atoms with van der Waals surface area (Å²) in [7, 11) is 0.